The van der Waals surface area contributed by atoms with Crippen LogP contribution in [0.25, 0.3) is 0 Å². The smallest absolute Gasteiger partial charge is 0.175 e. The molecular weight excluding hydrogens is 220 g/mol. The van der Waals surface area contributed by atoms with Crippen LogP contribution in [0.15, 0.2) is 35.3 Å². The van der Waals surface area contributed by atoms with Crippen molar-refractivity contribution >= 4 is 16.9 Å². The molecule has 2 aliphatic rings. The number of aliphatic hydroxyl groups is 1. The van der Waals surface area contributed by atoms with Gasteiger partial charge in [0.05, 0.1) is 5.75 Å². The Bertz CT molecular complexity index is 420. The molecule has 0 spiro atoms. The molecule has 0 amide bonds. The van der Waals surface area contributed by atoms with E-state index in [1.807, 2.05) is 35.2 Å². The molecule has 4 heteroatoms. The topological polar surface area (TPSA) is 35.8 Å². The predicted octanol–water partition coefficient (Wildman–Crippen LogP) is 1.64. The molecule has 1 N–H and O–H groups in total. The van der Waals surface area contributed by atoms with E-state index in [1.54, 1.807) is 11.8 Å². The summed E-state index contributed by atoms with van der Waals surface area (Å²) in [7, 11) is 0. The molecule has 1 unspecified atom stereocenters. The van der Waals surface area contributed by atoms with Crippen LogP contribution in [0.1, 0.15) is 12.0 Å². The largest absolute Gasteiger partial charge is 0.366 e. The van der Waals surface area contributed by atoms with Crippen molar-refractivity contribution in [2.45, 2.75) is 12.1 Å². The van der Waals surface area contributed by atoms with E-state index in [4.69, 9.17) is 0 Å². The van der Waals surface area contributed by atoms with Crippen LogP contribution >= 0.6 is 11.8 Å². The van der Waals surface area contributed by atoms with Crippen molar-refractivity contribution in [3.63, 3.8) is 0 Å². The molecule has 0 saturated carbocycles. The van der Waals surface area contributed by atoms with E-state index in [9.17, 15) is 5.11 Å². The lowest BCUT2D eigenvalue weighted by Crippen LogP contribution is -2.46. The van der Waals surface area contributed by atoms with E-state index in [-0.39, 0.29) is 0 Å². The van der Waals surface area contributed by atoms with E-state index in [1.165, 1.54) is 0 Å². The summed E-state index contributed by atoms with van der Waals surface area (Å²) in [6.07, 6.45) is 1.03. The Morgan fingerprint density at radius 3 is 2.94 bits per heavy atom. The van der Waals surface area contributed by atoms with Crippen LogP contribution in [0.4, 0.5) is 0 Å². The second-order valence-electron chi connectivity index (χ2n) is 4.14. The van der Waals surface area contributed by atoms with Crippen LogP contribution in [-0.2, 0) is 5.72 Å². The van der Waals surface area contributed by atoms with Crippen LogP contribution in [0.5, 0.6) is 0 Å². The van der Waals surface area contributed by atoms with Gasteiger partial charge >= 0.3 is 0 Å². The lowest BCUT2D eigenvalue weighted by Gasteiger charge is -2.36. The van der Waals surface area contributed by atoms with Gasteiger partial charge in [-0.3, -0.25) is 4.99 Å². The highest BCUT2D eigenvalue weighted by Gasteiger charge is 2.45. The average Bonchev–Trinajstić information content (AvgIpc) is 2.71. The average molecular weight is 234 g/mol. The Labute approximate surface area is 99.2 Å². The SMILES string of the molecule is OC1(c2ccccc2)CSC2=NCCCN21. The zero-order valence-corrected chi connectivity index (χ0v) is 9.78. The van der Waals surface area contributed by atoms with Gasteiger partial charge in [-0.2, -0.15) is 0 Å². The van der Waals surface area contributed by atoms with E-state index in [0.717, 1.165) is 30.2 Å². The number of amidine groups is 1. The summed E-state index contributed by atoms with van der Waals surface area (Å²) >= 11 is 1.65. The standard InChI is InChI=1S/C12H14N2OS/c15-12(10-5-2-1-3-6-10)9-16-11-13-7-4-8-14(11)12/h1-3,5-6,15H,4,7-9H2. The molecule has 2 heterocycles. The molecule has 1 saturated heterocycles. The Morgan fingerprint density at radius 2 is 2.12 bits per heavy atom. The first kappa shape index (κ1) is 10.2. The summed E-state index contributed by atoms with van der Waals surface area (Å²) in [5, 5.41) is 11.8. The lowest BCUT2D eigenvalue weighted by molar-refractivity contribution is -0.0497. The van der Waals surface area contributed by atoms with Crippen molar-refractivity contribution in [2.75, 3.05) is 18.8 Å². The molecule has 3 rings (SSSR count). The third-order valence-corrected chi connectivity index (χ3v) is 4.26. The molecule has 1 atom stereocenters. The Hall–Kier alpha value is -1.00. The van der Waals surface area contributed by atoms with Gasteiger partial charge in [0.25, 0.3) is 0 Å². The van der Waals surface area contributed by atoms with Crippen LogP contribution in [0, 0.1) is 0 Å². The number of aliphatic imine (C=N–C) groups is 1. The number of hydrogen-bond acceptors (Lipinski definition) is 4. The zero-order valence-electron chi connectivity index (χ0n) is 8.97. The maximum atomic E-state index is 10.8. The summed E-state index contributed by atoms with van der Waals surface area (Å²) in [5.74, 6) is 0.676. The normalized spacial score (nSPS) is 28.8. The van der Waals surface area contributed by atoms with E-state index >= 15 is 0 Å². The quantitative estimate of drug-likeness (QED) is 0.802. The van der Waals surface area contributed by atoms with E-state index < -0.39 is 5.72 Å². The first-order valence-corrected chi connectivity index (χ1v) is 6.52. The van der Waals surface area contributed by atoms with Crippen molar-refractivity contribution in [1.29, 1.82) is 0 Å². The van der Waals surface area contributed by atoms with Gasteiger partial charge < -0.3 is 10.0 Å². The molecule has 0 radical (unpaired) electrons. The van der Waals surface area contributed by atoms with Gasteiger partial charge in [-0.15, -0.1) is 0 Å². The number of fused-ring (bicyclic) bond motifs is 1. The van der Waals surface area contributed by atoms with Crippen molar-refractivity contribution in [2.24, 2.45) is 4.99 Å². The fourth-order valence-electron chi connectivity index (χ4n) is 2.24. The third-order valence-electron chi connectivity index (χ3n) is 3.10. The summed E-state index contributed by atoms with van der Waals surface area (Å²) in [4.78, 5) is 6.50. The molecular formula is C12H14N2OS. The molecule has 16 heavy (non-hydrogen) atoms. The summed E-state index contributed by atoms with van der Waals surface area (Å²) in [6.45, 7) is 1.79. The molecule has 1 fully saturated rings. The fraction of sp³-hybridized carbons (Fsp3) is 0.417. The lowest BCUT2D eigenvalue weighted by atomic mass is 10.0. The molecule has 1 aromatic rings. The van der Waals surface area contributed by atoms with Gasteiger partial charge in [0.2, 0.25) is 0 Å². The third kappa shape index (κ3) is 1.44. The summed E-state index contributed by atoms with van der Waals surface area (Å²) in [6, 6.07) is 9.88. The second-order valence-corrected chi connectivity index (χ2v) is 5.08. The van der Waals surface area contributed by atoms with Gasteiger partial charge in [0, 0.05) is 18.7 Å². The Kier molecular flexibility index (Phi) is 2.41. The predicted molar refractivity (Wildman–Crippen MR) is 66.4 cm³/mol. The van der Waals surface area contributed by atoms with Gasteiger partial charge in [-0.1, -0.05) is 42.1 Å². The minimum Gasteiger partial charge on any atom is -0.366 e. The van der Waals surface area contributed by atoms with Crippen LogP contribution in [0.3, 0.4) is 0 Å². The second kappa shape index (κ2) is 3.79. The van der Waals surface area contributed by atoms with Gasteiger partial charge in [-0.05, 0) is 6.42 Å². The summed E-state index contributed by atoms with van der Waals surface area (Å²) < 4.78 is 0. The van der Waals surface area contributed by atoms with Crippen LogP contribution in [-0.4, -0.2) is 34.0 Å². The molecule has 84 valence electrons. The monoisotopic (exact) mass is 234 g/mol. The number of nitrogens with zero attached hydrogens (tertiary/aromatic N) is 2. The van der Waals surface area contributed by atoms with Gasteiger partial charge in [-0.25, -0.2) is 0 Å². The fourth-order valence-corrected chi connectivity index (χ4v) is 3.47. The zero-order chi connectivity index (χ0) is 11.0. The van der Waals surface area contributed by atoms with Crippen molar-refractivity contribution in [3.8, 4) is 0 Å². The highest BCUT2D eigenvalue weighted by molar-refractivity contribution is 8.14. The Balaban J connectivity index is 2.00. The minimum absolute atomic E-state index is 0.676. The highest BCUT2D eigenvalue weighted by Crippen LogP contribution is 2.39. The van der Waals surface area contributed by atoms with Crippen LogP contribution in [0.2, 0.25) is 0 Å². The van der Waals surface area contributed by atoms with E-state index in [2.05, 4.69) is 4.99 Å². The molecule has 1 aromatic carbocycles. The highest BCUT2D eigenvalue weighted by atomic mass is 32.2. The van der Waals surface area contributed by atoms with Crippen molar-refractivity contribution in [1.82, 2.24) is 4.90 Å². The van der Waals surface area contributed by atoms with Gasteiger partial charge in [0.15, 0.2) is 10.9 Å². The number of thioether (sulfide) groups is 1. The van der Waals surface area contributed by atoms with Gasteiger partial charge in [0.1, 0.15) is 0 Å². The summed E-state index contributed by atoms with van der Waals surface area (Å²) in [5.41, 5.74) is 0.111. The first-order valence-electron chi connectivity index (χ1n) is 5.53. The molecule has 0 aliphatic carbocycles. The van der Waals surface area contributed by atoms with Crippen molar-refractivity contribution < 1.29 is 5.11 Å². The maximum Gasteiger partial charge on any atom is 0.175 e. The number of hydrogen-bond donors (Lipinski definition) is 1. The number of rotatable bonds is 1. The molecule has 2 aliphatic heterocycles. The minimum atomic E-state index is -0.856. The first-order chi connectivity index (χ1) is 7.81. The molecule has 0 aromatic heterocycles. The maximum absolute atomic E-state index is 10.8. The van der Waals surface area contributed by atoms with Crippen LogP contribution < -0.4 is 0 Å². The van der Waals surface area contributed by atoms with Crippen molar-refractivity contribution in [3.05, 3.63) is 35.9 Å². The molecule has 0 bridgehead atoms. The number of benzene rings is 1. The van der Waals surface area contributed by atoms with E-state index in [0.29, 0.717) is 5.75 Å². The Morgan fingerprint density at radius 1 is 1.31 bits per heavy atom. The molecule has 3 nitrogen and oxygen atoms in total.